The van der Waals surface area contributed by atoms with E-state index in [2.05, 4.69) is 17.1 Å². The molecule has 1 atom stereocenters. The zero-order valence-electron chi connectivity index (χ0n) is 10.6. The fourth-order valence-corrected chi connectivity index (χ4v) is 2.31. The molecule has 1 aliphatic heterocycles. The van der Waals surface area contributed by atoms with Crippen LogP contribution in [0.5, 0.6) is 11.5 Å². The van der Waals surface area contributed by atoms with Crippen LogP contribution in [0.3, 0.4) is 0 Å². The highest BCUT2D eigenvalue weighted by Gasteiger charge is 2.17. The molecule has 4 heteroatoms. The van der Waals surface area contributed by atoms with Crippen molar-refractivity contribution >= 4 is 0 Å². The third-order valence-electron chi connectivity index (χ3n) is 3.36. The molecule has 0 spiro atoms. The average molecular weight is 256 g/mol. The van der Waals surface area contributed by atoms with Gasteiger partial charge >= 0.3 is 0 Å². The molecule has 1 unspecified atom stereocenters. The third kappa shape index (κ3) is 2.53. The van der Waals surface area contributed by atoms with E-state index >= 15 is 0 Å². The first kappa shape index (κ1) is 12.0. The summed E-state index contributed by atoms with van der Waals surface area (Å²) in [6, 6.07) is 10.0. The van der Waals surface area contributed by atoms with Crippen molar-refractivity contribution in [2.24, 2.45) is 5.73 Å². The maximum atomic E-state index is 5.91. The summed E-state index contributed by atoms with van der Waals surface area (Å²) in [5.74, 6) is 1.88. The lowest BCUT2D eigenvalue weighted by Crippen LogP contribution is -2.15. The van der Waals surface area contributed by atoms with Gasteiger partial charge in [0.2, 0.25) is 6.79 Å². The SMILES string of the molecule is NCC(Cc1cccnc1)c1ccc2c(c1)OCO2. The molecule has 0 fully saturated rings. The van der Waals surface area contributed by atoms with Crippen LogP contribution in [0, 0.1) is 0 Å². The van der Waals surface area contributed by atoms with Gasteiger partial charge in [-0.3, -0.25) is 4.98 Å². The topological polar surface area (TPSA) is 57.4 Å². The Hall–Kier alpha value is -2.07. The van der Waals surface area contributed by atoms with Gasteiger partial charge in [0, 0.05) is 18.3 Å². The minimum Gasteiger partial charge on any atom is -0.454 e. The van der Waals surface area contributed by atoms with Crippen LogP contribution >= 0.6 is 0 Å². The lowest BCUT2D eigenvalue weighted by molar-refractivity contribution is 0.174. The quantitative estimate of drug-likeness (QED) is 0.910. The molecule has 0 amide bonds. The van der Waals surface area contributed by atoms with Gasteiger partial charge < -0.3 is 15.2 Å². The monoisotopic (exact) mass is 256 g/mol. The Morgan fingerprint density at radius 1 is 1.21 bits per heavy atom. The van der Waals surface area contributed by atoms with Gasteiger partial charge in [-0.2, -0.15) is 0 Å². The number of hydrogen-bond acceptors (Lipinski definition) is 4. The van der Waals surface area contributed by atoms with E-state index in [1.54, 1.807) is 6.20 Å². The van der Waals surface area contributed by atoms with Crippen molar-refractivity contribution in [2.45, 2.75) is 12.3 Å². The summed E-state index contributed by atoms with van der Waals surface area (Å²) in [5, 5.41) is 0. The largest absolute Gasteiger partial charge is 0.454 e. The van der Waals surface area contributed by atoms with Crippen molar-refractivity contribution in [3.63, 3.8) is 0 Å². The third-order valence-corrected chi connectivity index (χ3v) is 3.36. The number of rotatable bonds is 4. The van der Waals surface area contributed by atoms with Crippen molar-refractivity contribution in [2.75, 3.05) is 13.3 Å². The normalized spacial score (nSPS) is 14.4. The van der Waals surface area contributed by atoms with E-state index in [1.807, 2.05) is 24.4 Å². The van der Waals surface area contributed by atoms with E-state index in [0.29, 0.717) is 13.3 Å². The number of aromatic nitrogens is 1. The molecule has 1 aromatic heterocycles. The molecular weight excluding hydrogens is 240 g/mol. The van der Waals surface area contributed by atoms with Crippen molar-refractivity contribution in [1.29, 1.82) is 0 Å². The molecule has 1 aromatic carbocycles. The van der Waals surface area contributed by atoms with E-state index < -0.39 is 0 Å². The van der Waals surface area contributed by atoms with Crippen LogP contribution in [-0.2, 0) is 6.42 Å². The molecule has 2 heterocycles. The van der Waals surface area contributed by atoms with Crippen molar-refractivity contribution in [3.05, 3.63) is 53.9 Å². The van der Waals surface area contributed by atoms with Gasteiger partial charge in [-0.25, -0.2) is 0 Å². The van der Waals surface area contributed by atoms with Crippen molar-refractivity contribution in [1.82, 2.24) is 4.98 Å². The van der Waals surface area contributed by atoms with E-state index in [9.17, 15) is 0 Å². The van der Waals surface area contributed by atoms with Gasteiger partial charge in [-0.1, -0.05) is 12.1 Å². The Labute approximate surface area is 112 Å². The maximum absolute atomic E-state index is 5.91. The van der Waals surface area contributed by atoms with Crippen LogP contribution in [0.25, 0.3) is 0 Å². The second kappa shape index (κ2) is 5.28. The molecule has 2 N–H and O–H groups in total. The Morgan fingerprint density at radius 3 is 2.89 bits per heavy atom. The van der Waals surface area contributed by atoms with E-state index in [-0.39, 0.29) is 5.92 Å². The first-order valence-corrected chi connectivity index (χ1v) is 6.35. The molecule has 0 saturated heterocycles. The van der Waals surface area contributed by atoms with Crippen LogP contribution in [-0.4, -0.2) is 18.3 Å². The average Bonchev–Trinajstić information content (AvgIpc) is 2.93. The second-order valence-corrected chi connectivity index (χ2v) is 4.61. The summed E-state index contributed by atoms with van der Waals surface area (Å²) in [6.07, 6.45) is 4.54. The smallest absolute Gasteiger partial charge is 0.231 e. The molecule has 0 saturated carbocycles. The standard InChI is InChI=1S/C15H16N2O2/c16-8-13(6-11-2-1-5-17-9-11)12-3-4-14-15(7-12)19-10-18-14/h1-5,7,9,13H,6,8,10,16H2. The second-order valence-electron chi connectivity index (χ2n) is 4.61. The van der Waals surface area contributed by atoms with Gasteiger partial charge in [0.05, 0.1) is 0 Å². The first-order chi connectivity index (χ1) is 9.36. The summed E-state index contributed by atoms with van der Waals surface area (Å²) < 4.78 is 10.7. The van der Waals surface area contributed by atoms with Gasteiger partial charge in [0.1, 0.15) is 0 Å². The summed E-state index contributed by atoms with van der Waals surface area (Å²) in [6.45, 7) is 0.892. The Kier molecular flexibility index (Phi) is 3.33. The predicted octanol–water partition coefficient (Wildman–Crippen LogP) is 2.10. The number of nitrogens with zero attached hydrogens (tertiary/aromatic N) is 1. The summed E-state index contributed by atoms with van der Waals surface area (Å²) in [5.41, 5.74) is 8.27. The molecule has 0 radical (unpaired) electrons. The number of pyridine rings is 1. The van der Waals surface area contributed by atoms with E-state index in [0.717, 1.165) is 17.9 Å². The van der Waals surface area contributed by atoms with Crippen molar-refractivity contribution < 1.29 is 9.47 Å². The number of fused-ring (bicyclic) bond motifs is 1. The Bertz CT molecular complexity index is 557. The van der Waals surface area contributed by atoms with E-state index in [1.165, 1.54) is 11.1 Å². The Morgan fingerprint density at radius 2 is 2.11 bits per heavy atom. The molecule has 0 aliphatic carbocycles. The first-order valence-electron chi connectivity index (χ1n) is 6.35. The fourth-order valence-electron chi connectivity index (χ4n) is 2.31. The van der Waals surface area contributed by atoms with Gasteiger partial charge in [0.15, 0.2) is 11.5 Å². The molecule has 19 heavy (non-hydrogen) atoms. The van der Waals surface area contributed by atoms with Crippen LogP contribution in [0.1, 0.15) is 17.0 Å². The van der Waals surface area contributed by atoms with Gasteiger partial charge in [-0.05, 0) is 42.3 Å². The molecule has 0 bridgehead atoms. The molecule has 4 nitrogen and oxygen atoms in total. The van der Waals surface area contributed by atoms with Crippen LogP contribution in [0.15, 0.2) is 42.7 Å². The van der Waals surface area contributed by atoms with E-state index in [4.69, 9.17) is 15.2 Å². The lowest BCUT2D eigenvalue weighted by Gasteiger charge is -2.15. The van der Waals surface area contributed by atoms with Gasteiger partial charge in [-0.15, -0.1) is 0 Å². The maximum Gasteiger partial charge on any atom is 0.231 e. The zero-order chi connectivity index (χ0) is 13.1. The molecule has 1 aliphatic rings. The zero-order valence-corrected chi connectivity index (χ0v) is 10.6. The number of nitrogens with two attached hydrogens (primary N) is 1. The number of hydrogen-bond donors (Lipinski definition) is 1. The molecule has 3 rings (SSSR count). The lowest BCUT2D eigenvalue weighted by atomic mass is 9.92. The predicted molar refractivity (Wildman–Crippen MR) is 72.3 cm³/mol. The highest BCUT2D eigenvalue weighted by atomic mass is 16.7. The summed E-state index contributed by atoms with van der Waals surface area (Å²) in [7, 11) is 0. The highest BCUT2D eigenvalue weighted by Crippen LogP contribution is 2.35. The number of benzene rings is 1. The molecular formula is C15H16N2O2. The van der Waals surface area contributed by atoms with Crippen molar-refractivity contribution in [3.8, 4) is 11.5 Å². The fraction of sp³-hybridized carbons (Fsp3) is 0.267. The minimum atomic E-state index is 0.263. The Balaban J connectivity index is 1.82. The summed E-state index contributed by atoms with van der Waals surface area (Å²) >= 11 is 0. The molecule has 2 aromatic rings. The van der Waals surface area contributed by atoms with Crippen LogP contribution < -0.4 is 15.2 Å². The van der Waals surface area contributed by atoms with Crippen LogP contribution in [0.2, 0.25) is 0 Å². The summed E-state index contributed by atoms with van der Waals surface area (Å²) in [4.78, 5) is 4.14. The highest BCUT2D eigenvalue weighted by molar-refractivity contribution is 5.45. The minimum absolute atomic E-state index is 0.263. The van der Waals surface area contributed by atoms with Crippen LogP contribution in [0.4, 0.5) is 0 Å². The number of ether oxygens (including phenoxy) is 2. The molecule has 98 valence electrons. The van der Waals surface area contributed by atoms with Gasteiger partial charge in [0.25, 0.3) is 0 Å².